The standard InChI is InChI=1S/C18H28N4O2/c1-14-19-10-15(11-20-14)12-21-7-6-17-16(13-21)4-3-5-18(23)22(17)8-9-24-2/h10-11,16-17H,3-9,12-13H2,1-2H3/t16-,17+/m0/s1. The molecule has 132 valence electrons. The van der Waals surface area contributed by atoms with Crippen LogP contribution in [0.2, 0.25) is 0 Å². The summed E-state index contributed by atoms with van der Waals surface area (Å²) in [4.78, 5) is 25.6. The molecule has 3 rings (SSSR count). The summed E-state index contributed by atoms with van der Waals surface area (Å²) in [5, 5.41) is 0. The van der Waals surface area contributed by atoms with E-state index < -0.39 is 0 Å². The first-order chi connectivity index (χ1) is 11.7. The Labute approximate surface area is 144 Å². The Morgan fingerprint density at radius 1 is 1.29 bits per heavy atom. The van der Waals surface area contributed by atoms with Crippen molar-refractivity contribution in [2.45, 2.75) is 45.2 Å². The van der Waals surface area contributed by atoms with Crippen molar-refractivity contribution in [2.75, 3.05) is 33.4 Å². The van der Waals surface area contributed by atoms with Gasteiger partial charge >= 0.3 is 0 Å². The largest absolute Gasteiger partial charge is 0.383 e. The smallest absolute Gasteiger partial charge is 0.222 e. The number of fused-ring (bicyclic) bond motifs is 1. The van der Waals surface area contributed by atoms with Gasteiger partial charge in [-0.05, 0) is 32.1 Å². The maximum absolute atomic E-state index is 12.4. The van der Waals surface area contributed by atoms with Crippen molar-refractivity contribution >= 4 is 5.91 Å². The van der Waals surface area contributed by atoms with Crippen LogP contribution in [-0.4, -0.2) is 65.1 Å². The lowest BCUT2D eigenvalue weighted by atomic mass is 9.88. The van der Waals surface area contributed by atoms with Crippen molar-refractivity contribution in [3.05, 3.63) is 23.8 Å². The monoisotopic (exact) mass is 332 g/mol. The number of hydrogen-bond donors (Lipinski definition) is 0. The van der Waals surface area contributed by atoms with Crippen molar-refractivity contribution in [1.29, 1.82) is 0 Å². The van der Waals surface area contributed by atoms with Crippen LogP contribution in [0.25, 0.3) is 0 Å². The van der Waals surface area contributed by atoms with Crippen LogP contribution in [-0.2, 0) is 16.1 Å². The van der Waals surface area contributed by atoms with Gasteiger partial charge in [0.2, 0.25) is 5.91 Å². The van der Waals surface area contributed by atoms with Crippen molar-refractivity contribution in [1.82, 2.24) is 19.8 Å². The first-order valence-electron chi connectivity index (χ1n) is 8.95. The fourth-order valence-electron chi connectivity index (χ4n) is 4.02. The molecule has 0 radical (unpaired) electrons. The van der Waals surface area contributed by atoms with Crippen LogP contribution < -0.4 is 0 Å². The first-order valence-corrected chi connectivity index (χ1v) is 8.95. The number of ether oxygens (including phenoxy) is 1. The molecule has 6 heteroatoms. The number of carbonyl (C=O) groups is 1. The summed E-state index contributed by atoms with van der Waals surface area (Å²) in [5.41, 5.74) is 1.17. The molecule has 0 aliphatic carbocycles. The molecule has 2 atom stereocenters. The van der Waals surface area contributed by atoms with Crippen LogP contribution in [0.5, 0.6) is 0 Å². The Balaban J connectivity index is 1.63. The van der Waals surface area contributed by atoms with E-state index in [9.17, 15) is 4.79 Å². The number of nitrogens with zero attached hydrogens (tertiary/aromatic N) is 4. The predicted octanol–water partition coefficient (Wildman–Crippen LogP) is 1.63. The number of piperidine rings is 1. The number of amides is 1. The summed E-state index contributed by atoms with van der Waals surface area (Å²) < 4.78 is 5.21. The topological polar surface area (TPSA) is 58.6 Å². The molecule has 0 unspecified atom stereocenters. The van der Waals surface area contributed by atoms with E-state index in [4.69, 9.17) is 4.74 Å². The van der Waals surface area contributed by atoms with E-state index >= 15 is 0 Å². The molecule has 6 nitrogen and oxygen atoms in total. The molecule has 0 aromatic carbocycles. The van der Waals surface area contributed by atoms with E-state index in [1.165, 1.54) is 5.56 Å². The van der Waals surface area contributed by atoms with E-state index in [2.05, 4.69) is 19.8 Å². The fraction of sp³-hybridized carbons (Fsp3) is 0.722. The summed E-state index contributed by atoms with van der Waals surface area (Å²) in [6, 6.07) is 0.376. The molecule has 0 bridgehead atoms. The molecule has 2 aliphatic rings. The van der Waals surface area contributed by atoms with Crippen LogP contribution in [0.4, 0.5) is 0 Å². The molecule has 2 saturated heterocycles. The van der Waals surface area contributed by atoms with E-state index in [1.807, 2.05) is 19.3 Å². The number of aromatic nitrogens is 2. The molecule has 1 aromatic heterocycles. The molecule has 0 spiro atoms. The van der Waals surface area contributed by atoms with E-state index in [0.717, 1.165) is 51.3 Å². The molecule has 2 aliphatic heterocycles. The zero-order chi connectivity index (χ0) is 16.9. The lowest BCUT2D eigenvalue weighted by Crippen LogP contribution is -2.52. The van der Waals surface area contributed by atoms with Crippen molar-refractivity contribution < 1.29 is 9.53 Å². The van der Waals surface area contributed by atoms with Gasteiger partial charge in [-0.15, -0.1) is 0 Å². The number of likely N-dealkylation sites (tertiary alicyclic amines) is 2. The molecule has 2 fully saturated rings. The minimum Gasteiger partial charge on any atom is -0.383 e. The molecular formula is C18H28N4O2. The van der Waals surface area contributed by atoms with Gasteiger partial charge in [-0.1, -0.05) is 0 Å². The second kappa shape index (κ2) is 8.03. The summed E-state index contributed by atoms with van der Waals surface area (Å²) in [7, 11) is 1.70. The molecular weight excluding hydrogens is 304 g/mol. The maximum Gasteiger partial charge on any atom is 0.222 e. The SMILES string of the molecule is COCCN1C(=O)CCC[C@H]2CN(Cc3cnc(C)nc3)CC[C@H]21. The Kier molecular flexibility index (Phi) is 5.79. The Morgan fingerprint density at radius 3 is 2.83 bits per heavy atom. The molecule has 1 aromatic rings. The Bertz CT molecular complexity index is 548. The highest BCUT2D eigenvalue weighted by Gasteiger charge is 2.37. The highest BCUT2D eigenvalue weighted by atomic mass is 16.5. The van der Waals surface area contributed by atoms with Gasteiger partial charge in [0.1, 0.15) is 5.82 Å². The molecule has 24 heavy (non-hydrogen) atoms. The number of rotatable bonds is 5. The first kappa shape index (κ1) is 17.3. The third-order valence-electron chi connectivity index (χ3n) is 5.24. The van der Waals surface area contributed by atoms with Crippen molar-refractivity contribution in [2.24, 2.45) is 5.92 Å². The highest BCUT2D eigenvalue weighted by Crippen LogP contribution is 2.30. The van der Waals surface area contributed by atoms with Gasteiger partial charge in [0.25, 0.3) is 0 Å². The molecule has 1 amide bonds. The zero-order valence-electron chi connectivity index (χ0n) is 14.8. The van der Waals surface area contributed by atoms with Crippen molar-refractivity contribution in [3.8, 4) is 0 Å². The third kappa shape index (κ3) is 4.11. The second-order valence-corrected chi connectivity index (χ2v) is 6.96. The highest BCUT2D eigenvalue weighted by molar-refractivity contribution is 5.76. The number of aryl methyl sites for hydroxylation is 1. The summed E-state index contributed by atoms with van der Waals surface area (Å²) in [6.07, 6.45) is 7.73. The van der Waals surface area contributed by atoms with Crippen LogP contribution >= 0.6 is 0 Å². The maximum atomic E-state index is 12.4. The van der Waals surface area contributed by atoms with E-state index in [1.54, 1.807) is 7.11 Å². The molecule has 0 N–H and O–H groups in total. The van der Waals surface area contributed by atoms with Gasteiger partial charge in [-0.2, -0.15) is 0 Å². The Hall–Kier alpha value is -1.53. The number of hydrogen-bond acceptors (Lipinski definition) is 5. The van der Waals surface area contributed by atoms with Crippen LogP contribution in [0, 0.1) is 12.8 Å². The molecule has 3 heterocycles. The normalized spacial score (nSPS) is 25.4. The van der Waals surface area contributed by atoms with Gasteiger partial charge in [0.15, 0.2) is 0 Å². The van der Waals surface area contributed by atoms with Gasteiger partial charge in [-0.3, -0.25) is 9.69 Å². The van der Waals surface area contributed by atoms with Gasteiger partial charge in [0.05, 0.1) is 6.61 Å². The average molecular weight is 332 g/mol. The van der Waals surface area contributed by atoms with Gasteiger partial charge in [0, 0.05) is 63.7 Å². The summed E-state index contributed by atoms with van der Waals surface area (Å²) >= 11 is 0. The minimum atomic E-state index is 0.305. The minimum absolute atomic E-state index is 0.305. The fourth-order valence-corrected chi connectivity index (χ4v) is 4.02. The van der Waals surface area contributed by atoms with Crippen LogP contribution in [0.15, 0.2) is 12.4 Å². The lowest BCUT2D eigenvalue weighted by Gasteiger charge is -2.42. The van der Waals surface area contributed by atoms with Crippen molar-refractivity contribution in [3.63, 3.8) is 0 Å². The molecule has 0 saturated carbocycles. The third-order valence-corrected chi connectivity index (χ3v) is 5.24. The van der Waals surface area contributed by atoms with Gasteiger partial charge < -0.3 is 9.64 Å². The van der Waals surface area contributed by atoms with E-state index in [0.29, 0.717) is 30.9 Å². The Morgan fingerprint density at radius 2 is 2.08 bits per heavy atom. The quantitative estimate of drug-likeness (QED) is 0.820. The number of carbonyl (C=O) groups excluding carboxylic acids is 1. The number of methoxy groups -OCH3 is 1. The summed E-state index contributed by atoms with van der Waals surface area (Å²) in [6.45, 7) is 6.23. The lowest BCUT2D eigenvalue weighted by molar-refractivity contribution is -0.135. The van der Waals surface area contributed by atoms with E-state index in [-0.39, 0.29) is 0 Å². The van der Waals surface area contributed by atoms with Crippen LogP contribution in [0.3, 0.4) is 0 Å². The second-order valence-electron chi connectivity index (χ2n) is 6.96. The predicted molar refractivity (Wildman–Crippen MR) is 91.4 cm³/mol. The van der Waals surface area contributed by atoms with Crippen LogP contribution in [0.1, 0.15) is 37.1 Å². The summed E-state index contributed by atoms with van der Waals surface area (Å²) in [5.74, 6) is 1.68. The zero-order valence-corrected chi connectivity index (χ0v) is 14.8. The van der Waals surface area contributed by atoms with Gasteiger partial charge in [-0.25, -0.2) is 9.97 Å². The average Bonchev–Trinajstić information content (AvgIpc) is 2.73.